The van der Waals surface area contributed by atoms with Crippen LogP contribution >= 0.6 is 0 Å². The third-order valence-electron chi connectivity index (χ3n) is 9.31. The van der Waals surface area contributed by atoms with E-state index >= 15 is 0 Å². The predicted molar refractivity (Wildman–Crippen MR) is 209 cm³/mol. The molecule has 1 atom stereocenters. The molecule has 0 saturated heterocycles. The zero-order valence-corrected chi connectivity index (χ0v) is 33.7. The summed E-state index contributed by atoms with van der Waals surface area (Å²) in [5, 5.41) is 12.4. The van der Waals surface area contributed by atoms with Crippen LogP contribution in [0.2, 0.25) is 0 Å². The average molecular weight is 756 g/mol. The average Bonchev–Trinajstić information content (AvgIpc) is 3.14. The van der Waals surface area contributed by atoms with Gasteiger partial charge in [-0.05, 0) is 32.1 Å². The second-order valence-corrected chi connectivity index (χ2v) is 14.2. The van der Waals surface area contributed by atoms with Crippen LogP contribution in [0.4, 0.5) is 0 Å². The topological polar surface area (TPSA) is 155 Å². The summed E-state index contributed by atoms with van der Waals surface area (Å²) in [6, 6.07) is 0. The first-order chi connectivity index (χ1) is 25.8. The number of Topliss-reactive ketones (excluding diaryl/α,β-unsaturated/α-hetero) is 3. The highest BCUT2D eigenvalue weighted by Gasteiger charge is 2.20. The molecule has 11 heteroatoms. The van der Waals surface area contributed by atoms with Crippen molar-refractivity contribution < 1.29 is 48.0 Å². The maximum absolute atomic E-state index is 12.4. The molecule has 0 heterocycles. The van der Waals surface area contributed by atoms with Gasteiger partial charge in [0.05, 0.1) is 45.6 Å². The lowest BCUT2D eigenvalue weighted by molar-refractivity contribution is -0.144. The Morgan fingerprint density at radius 2 is 0.943 bits per heavy atom. The van der Waals surface area contributed by atoms with Gasteiger partial charge < -0.3 is 29.4 Å². The zero-order valence-electron chi connectivity index (χ0n) is 33.7. The van der Waals surface area contributed by atoms with Gasteiger partial charge in [0.25, 0.3) is 0 Å². The SMILES string of the molecule is CCCCCCCCCCCCCCCC(=O)CC(CCCCNC(=O)CCOCCOCCCC(=O)CCOCCOCCCC(=O)CC)C(=O)O. The van der Waals surface area contributed by atoms with Crippen LogP contribution in [0.15, 0.2) is 0 Å². The van der Waals surface area contributed by atoms with Crippen molar-refractivity contribution in [2.75, 3.05) is 59.4 Å². The number of ether oxygens (including phenoxy) is 4. The Morgan fingerprint density at radius 3 is 1.47 bits per heavy atom. The Labute approximate surface area is 321 Å². The predicted octanol–water partition coefficient (Wildman–Crippen LogP) is 8.37. The second kappa shape index (κ2) is 39.5. The van der Waals surface area contributed by atoms with Gasteiger partial charge >= 0.3 is 5.97 Å². The van der Waals surface area contributed by atoms with Gasteiger partial charge in [0.15, 0.2) is 0 Å². The lowest BCUT2D eigenvalue weighted by Crippen LogP contribution is -2.26. The first-order valence-corrected chi connectivity index (χ1v) is 21.2. The summed E-state index contributed by atoms with van der Waals surface area (Å²) in [6.45, 7) is 7.84. The minimum atomic E-state index is -0.920. The summed E-state index contributed by atoms with van der Waals surface area (Å²) in [5.74, 6) is -1.29. The van der Waals surface area contributed by atoms with E-state index in [1.807, 2.05) is 6.92 Å². The number of hydrogen-bond acceptors (Lipinski definition) is 9. The summed E-state index contributed by atoms with van der Waals surface area (Å²) < 4.78 is 21.8. The fraction of sp³-hybridized carbons (Fsp3) is 0.881. The van der Waals surface area contributed by atoms with Crippen LogP contribution in [0.3, 0.4) is 0 Å². The molecule has 0 aliphatic rings. The Kier molecular flexibility index (Phi) is 37.8. The normalized spacial score (nSPS) is 11.8. The lowest BCUT2D eigenvalue weighted by Gasteiger charge is -2.12. The van der Waals surface area contributed by atoms with E-state index in [2.05, 4.69) is 12.2 Å². The van der Waals surface area contributed by atoms with Crippen molar-refractivity contribution >= 4 is 29.2 Å². The molecule has 1 amide bonds. The summed E-state index contributed by atoms with van der Waals surface area (Å²) in [5.41, 5.74) is 0. The van der Waals surface area contributed by atoms with Crippen molar-refractivity contribution in [3.8, 4) is 0 Å². The molecule has 0 rings (SSSR count). The number of hydrogen-bond donors (Lipinski definition) is 2. The van der Waals surface area contributed by atoms with E-state index in [-0.39, 0.29) is 42.7 Å². The van der Waals surface area contributed by atoms with Crippen LogP contribution in [-0.4, -0.2) is 93.7 Å². The maximum Gasteiger partial charge on any atom is 0.306 e. The molecule has 53 heavy (non-hydrogen) atoms. The molecule has 0 aromatic rings. The molecule has 0 bridgehead atoms. The molecule has 0 spiro atoms. The van der Waals surface area contributed by atoms with E-state index in [1.165, 1.54) is 64.2 Å². The van der Waals surface area contributed by atoms with E-state index in [4.69, 9.17) is 18.9 Å². The molecule has 0 fully saturated rings. The minimum Gasteiger partial charge on any atom is -0.481 e. The number of carbonyl (C=O) groups excluding carboxylic acids is 4. The van der Waals surface area contributed by atoms with Crippen LogP contribution < -0.4 is 5.32 Å². The summed E-state index contributed by atoms with van der Waals surface area (Å²) in [7, 11) is 0. The Hall–Kier alpha value is -2.21. The first-order valence-electron chi connectivity index (χ1n) is 21.2. The fourth-order valence-corrected chi connectivity index (χ4v) is 5.90. The minimum absolute atomic E-state index is 0.0413. The van der Waals surface area contributed by atoms with Crippen molar-refractivity contribution in [1.29, 1.82) is 0 Å². The number of amides is 1. The molecule has 11 nitrogen and oxygen atoms in total. The molecular weight excluding hydrogens is 678 g/mol. The Balaban J connectivity index is 3.60. The third kappa shape index (κ3) is 37.9. The number of aliphatic carboxylic acids is 1. The molecule has 1 unspecified atom stereocenters. The van der Waals surface area contributed by atoms with Crippen molar-refractivity contribution in [3.05, 3.63) is 0 Å². The molecule has 0 aromatic heterocycles. The van der Waals surface area contributed by atoms with E-state index in [0.717, 1.165) is 25.7 Å². The van der Waals surface area contributed by atoms with Crippen molar-refractivity contribution in [1.82, 2.24) is 5.32 Å². The van der Waals surface area contributed by atoms with Crippen LogP contribution in [0.1, 0.15) is 174 Å². The lowest BCUT2D eigenvalue weighted by atomic mass is 9.94. The van der Waals surface area contributed by atoms with E-state index in [1.54, 1.807) is 0 Å². The third-order valence-corrected chi connectivity index (χ3v) is 9.31. The Bertz CT molecular complexity index is 912. The summed E-state index contributed by atoms with van der Waals surface area (Å²) in [6.07, 6.45) is 22.0. The zero-order chi connectivity index (χ0) is 39.0. The highest BCUT2D eigenvalue weighted by atomic mass is 16.5. The van der Waals surface area contributed by atoms with Crippen molar-refractivity contribution in [2.45, 2.75) is 174 Å². The van der Waals surface area contributed by atoms with Gasteiger partial charge in [-0.3, -0.25) is 24.0 Å². The Morgan fingerprint density at radius 1 is 0.472 bits per heavy atom. The van der Waals surface area contributed by atoms with Gasteiger partial charge in [-0.25, -0.2) is 0 Å². The van der Waals surface area contributed by atoms with Crippen LogP contribution in [0, 0.1) is 5.92 Å². The number of nitrogens with one attached hydrogen (secondary N) is 1. The fourth-order valence-electron chi connectivity index (χ4n) is 5.90. The van der Waals surface area contributed by atoms with Crippen molar-refractivity contribution in [3.63, 3.8) is 0 Å². The standard InChI is InChI=1S/C42H77NO10/c1-3-5-6-7-8-9-10-11-12-13-14-15-16-22-40(46)36-37(42(48)49)21-17-18-27-43-41(47)26-31-53-35-33-51-29-20-24-39(45)25-30-52-34-32-50-28-19-23-38(44)4-2/h37H,3-36H2,1-2H3,(H,43,47)(H,48,49). The molecule has 2 N–H and O–H groups in total. The van der Waals surface area contributed by atoms with Crippen LogP contribution in [0.25, 0.3) is 0 Å². The molecular formula is C42H77NO10. The van der Waals surface area contributed by atoms with Gasteiger partial charge in [-0.2, -0.15) is 0 Å². The molecule has 0 aromatic carbocycles. The second-order valence-electron chi connectivity index (χ2n) is 14.2. The van der Waals surface area contributed by atoms with E-state index < -0.39 is 11.9 Å². The van der Waals surface area contributed by atoms with E-state index in [0.29, 0.717) is 111 Å². The smallest absolute Gasteiger partial charge is 0.306 e. The van der Waals surface area contributed by atoms with Gasteiger partial charge in [0.1, 0.15) is 17.3 Å². The number of rotatable bonds is 43. The first kappa shape index (κ1) is 50.8. The largest absolute Gasteiger partial charge is 0.481 e. The molecule has 0 aliphatic heterocycles. The van der Waals surface area contributed by atoms with Gasteiger partial charge in [-0.15, -0.1) is 0 Å². The van der Waals surface area contributed by atoms with Crippen LogP contribution in [-0.2, 0) is 42.9 Å². The highest BCUT2D eigenvalue weighted by molar-refractivity contribution is 5.83. The molecule has 0 aliphatic carbocycles. The van der Waals surface area contributed by atoms with Crippen molar-refractivity contribution in [2.24, 2.45) is 5.92 Å². The highest BCUT2D eigenvalue weighted by Crippen LogP contribution is 2.17. The maximum atomic E-state index is 12.4. The quantitative estimate of drug-likeness (QED) is 0.0580. The number of carboxylic acid groups (broad SMARTS) is 1. The van der Waals surface area contributed by atoms with E-state index in [9.17, 15) is 29.1 Å². The molecule has 310 valence electrons. The van der Waals surface area contributed by atoms with Gasteiger partial charge in [0.2, 0.25) is 5.91 Å². The number of unbranched alkanes of at least 4 members (excludes halogenated alkanes) is 13. The number of carboxylic acids is 1. The summed E-state index contributed by atoms with van der Waals surface area (Å²) in [4.78, 5) is 59.3. The number of ketones is 3. The number of carbonyl (C=O) groups is 5. The van der Waals surface area contributed by atoms with Gasteiger partial charge in [0, 0.05) is 64.7 Å². The summed E-state index contributed by atoms with van der Waals surface area (Å²) >= 11 is 0. The molecule has 0 saturated carbocycles. The monoisotopic (exact) mass is 756 g/mol. The van der Waals surface area contributed by atoms with Gasteiger partial charge in [-0.1, -0.05) is 97.3 Å². The van der Waals surface area contributed by atoms with Crippen LogP contribution in [0.5, 0.6) is 0 Å². The molecule has 0 radical (unpaired) electrons.